The average Bonchev–Trinajstić information content (AvgIpc) is 3.10. The minimum Gasteiger partial charge on any atom is -0.478 e. The highest BCUT2D eigenvalue weighted by molar-refractivity contribution is 6.32. The number of Topliss-reactive ketones (excluding diaryl/α,β-unsaturated/α-hetero) is 1. The van der Waals surface area contributed by atoms with Crippen LogP contribution in [0.5, 0.6) is 11.5 Å². The van der Waals surface area contributed by atoms with Crippen molar-refractivity contribution >= 4 is 35.1 Å². The number of ether oxygens (including phenoxy) is 2. The van der Waals surface area contributed by atoms with Gasteiger partial charge in [-0.15, -0.1) is 0 Å². The molecular weight excluding hydrogens is 433 g/mol. The molecule has 0 saturated carbocycles. The van der Waals surface area contributed by atoms with E-state index in [0.717, 1.165) is 34.9 Å². The molecule has 0 fully saturated rings. The van der Waals surface area contributed by atoms with E-state index in [4.69, 9.17) is 32.7 Å². The Morgan fingerprint density at radius 3 is 2.61 bits per heavy atom. The lowest BCUT2D eigenvalue weighted by atomic mass is 10.0. The predicted molar refractivity (Wildman–Crippen MR) is 122 cm³/mol. The van der Waals surface area contributed by atoms with Crippen LogP contribution in [0.15, 0.2) is 66.4 Å². The molecule has 0 atom stereocenters. The summed E-state index contributed by atoms with van der Waals surface area (Å²) in [6.07, 6.45) is 2.57. The lowest BCUT2D eigenvalue weighted by Gasteiger charge is -2.29. The Labute approximate surface area is 190 Å². The zero-order valence-electron chi connectivity index (χ0n) is 16.6. The fourth-order valence-corrected chi connectivity index (χ4v) is 4.14. The molecule has 0 N–H and O–H groups in total. The average molecular weight is 452 g/mol. The molecule has 4 nitrogen and oxygen atoms in total. The van der Waals surface area contributed by atoms with Gasteiger partial charge in [-0.3, -0.25) is 9.69 Å². The van der Waals surface area contributed by atoms with Crippen LogP contribution < -0.4 is 9.47 Å². The second-order valence-electron chi connectivity index (χ2n) is 7.58. The van der Waals surface area contributed by atoms with Crippen LogP contribution in [-0.4, -0.2) is 24.0 Å². The van der Waals surface area contributed by atoms with E-state index >= 15 is 0 Å². The quantitative estimate of drug-likeness (QED) is 0.455. The SMILES string of the molecule is O=C1/C(=C/c2ccccc2Cl)Oc2c1ccc1c2CN(CCc2ccc(Cl)cc2)CO1. The number of fused-ring (bicyclic) bond motifs is 3. The van der Waals surface area contributed by atoms with E-state index in [1.807, 2.05) is 48.5 Å². The summed E-state index contributed by atoms with van der Waals surface area (Å²) in [5.41, 5.74) is 3.41. The fourth-order valence-electron chi connectivity index (χ4n) is 3.82. The third kappa shape index (κ3) is 4.07. The molecule has 3 aromatic carbocycles. The first kappa shape index (κ1) is 20.1. The summed E-state index contributed by atoms with van der Waals surface area (Å²) in [7, 11) is 0. The van der Waals surface area contributed by atoms with Crippen molar-refractivity contribution in [2.45, 2.75) is 13.0 Å². The predicted octanol–water partition coefficient (Wildman–Crippen LogP) is 6.00. The molecule has 0 saturated heterocycles. The van der Waals surface area contributed by atoms with Gasteiger partial charge in [0.1, 0.15) is 18.2 Å². The maximum absolute atomic E-state index is 12.9. The van der Waals surface area contributed by atoms with Crippen molar-refractivity contribution in [3.8, 4) is 11.5 Å². The van der Waals surface area contributed by atoms with Gasteiger partial charge in [-0.25, -0.2) is 0 Å². The van der Waals surface area contributed by atoms with Crippen LogP contribution in [0, 0.1) is 0 Å². The van der Waals surface area contributed by atoms with Gasteiger partial charge in [0.25, 0.3) is 0 Å². The Hall–Kier alpha value is -2.79. The van der Waals surface area contributed by atoms with Crippen LogP contribution >= 0.6 is 23.2 Å². The fraction of sp³-hybridized carbons (Fsp3) is 0.160. The molecule has 0 spiro atoms. The van der Waals surface area contributed by atoms with Gasteiger partial charge >= 0.3 is 0 Å². The Morgan fingerprint density at radius 2 is 1.81 bits per heavy atom. The Bertz CT molecular complexity index is 1190. The molecule has 31 heavy (non-hydrogen) atoms. The molecule has 0 radical (unpaired) electrons. The Balaban J connectivity index is 1.36. The second-order valence-corrected chi connectivity index (χ2v) is 8.43. The minimum atomic E-state index is -0.143. The van der Waals surface area contributed by atoms with Gasteiger partial charge in [0.2, 0.25) is 5.78 Å². The number of carbonyl (C=O) groups excluding carboxylic acids is 1. The van der Waals surface area contributed by atoms with Crippen molar-refractivity contribution in [1.29, 1.82) is 0 Å². The second kappa shape index (κ2) is 8.39. The van der Waals surface area contributed by atoms with Crippen molar-refractivity contribution in [2.24, 2.45) is 0 Å². The van der Waals surface area contributed by atoms with E-state index in [1.54, 1.807) is 18.2 Å². The van der Waals surface area contributed by atoms with E-state index in [0.29, 0.717) is 29.6 Å². The summed E-state index contributed by atoms with van der Waals surface area (Å²) in [5, 5.41) is 1.30. The standard InChI is InChI=1S/C25H19Cl2NO3/c26-18-7-5-16(6-8-18)11-12-28-14-20-22(30-15-28)10-9-19-24(29)23(31-25(19)20)13-17-3-1-2-4-21(17)27/h1-10,13H,11-12,14-15H2/b23-13-. The first-order valence-electron chi connectivity index (χ1n) is 10.0. The summed E-state index contributed by atoms with van der Waals surface area (Å²) >= 11 is 12.2. The van der Waals surface area contributed by atoms with Gasteiger partial charge in [0.05, 0.1) is 11.1 Å². The van der Waals surface area contributed by atoms with Crippen molar-refractivity contribution < 1.29 is 14.3 Å². The van der Waals surface area contributed by atoms with Crippen LogP contribution in [0.1, 0.15) is 27.0 Å². The molecule has 0 aromatic heterocycles. The van der Waals surface area contributed by atoms with Crippen molar-refractivity contribution in [2.75, 3.05) is 13.3 Å². The molecule has 0 aliphatic carbocycles. The van der Waals surface area contributed by atoms with E-state index in [2.05, 4.69) is 4.90 Å². The summed E-state index contributed by atoms with van der Waals surface area (Å²) in [6.45, 7) is 1.97. The van der Waals surface area contributed by atoms with E-state index in [1.165, 1.54) is 5.56 Å². The van der Waals surface area contributed by atoms with Gasteiger partial charge in [-0.05, 0) is 54.0 Å². The van der Waals surface area contributed by atoms with Crippen molar-refractivity contribution in [1.82, 2.24) is 4.90 Å². The van der Waals surface area contributed by atoms with E-state index < -0.39 is 0 Å². The molecule has 5 rings (SSSR count). The summed E-state index contributed by atoms with van der Waals surface area (Å²) in [5.74, 6) is 1.47. The van der Waals surface area contributed by atoms with Crippen LogP contribution in [0.2, 0.25) is 10.0 Å². The highest BCUT2D eigenvalue weighted by Gasteiger charge is 2.33. The topological polar surface area (TPSA) is 38.8 Å². The highest BCUT2D eigenvalue weighted by atomic mass is 35.5. The normalized spacial score (nSPS) is 16.6. The highest BCUT2D eigenvalue weighted by Crippen LogP contribution is 2.42. The number of benzene rings is 3. The van der Waals surface area contributed by atoms with Crippen LogP contribution in [0.3, 0.4) is 0 Å². The van der Waals surface area contributed by atoms with Gasteiger partial charge in [0, 0.05) is 23.1 Å². The van der Waals surface area contributed by atoms with Crippen molar-refractivity contribution in [3.05, 3.63) is 98.7 Å². The Morgan fingerprint density at radius 1 is 1.00 bits per heavy atom. The van der Waals surface area contributed by atoms with Crippen LogP contribution in [0.25, 0.3) is 6.08 Å². The minimum absolute atomic E-state index is 0.143. The number of carbonyl (C=O) groups is 1. The molecule has 3 aromatic rings. The van der Waals surface area contributed by atoms with Crippen LogP contribution in [-0.2, 0) is 13.0 Å². The number of hydrogen-bond acceptors (Lipinski definition) is 4. The number of hydrogen-bond donors (Lipinski definition) is 0. The van der Waals surface area contributed by atoms with Gasteiger partial charge in [-0.1, -0.05) is 53.5 Å². The third-order valence-corrected chi connectivity index (χ3v) is 6.10. The Kier molecular flexibility index (Phi) is 5.45. The molecule has 2 aliphatic rings. The van der Waals surface area contributed by atoms with Gasteiger partial charge < -0.3 is 9.47 Å². The molecular formula is C25H19Cl2NO3. The molecule has 0 amide bonds. The van der Waals surface area contributed by atoms with E-state index in [9.17, 15) is 4.79 Å². The number of allylic oxidation sites excluding steroid dienone is 1. The number of nitrogens with zero attached hydrogens (tertiary/aromatic N) is 1. The monoisotopic (exact) mass is 451 g/mol. The maximum atomic E-state index is 12.9. The third-order valence-electron chi connectivity index (χ3n) is 5.50. The van der Waals surface area contributed by atoms with Crippen LogP contribution in [0.4, 0.5) is 0 Å². The summed E-state index contributed by atoms with van der Waals surface area (Å²) in [4.78, 5) is 15.1. The zero-order chi connectivity index (χ0) is 21.4. The first-order valence-corrected chi connectivity index (χ1v) is 10.8. The van der Waals surface area contributed by atoms with E-state index in [-0.39, 0.29) is 11.5 Å². The zero-order valence-corrected chi connectivity index (χ0v) is 18.1. The summed E-state index contributed by atoms with van der Waals surface area (Å²) in [6, 6.07) is 18.9. The first-order chi connectivity index (χ1) is 15.1. The van der Waals surface area contributed by atoms with Gasteiger partial charge in [-0.2, -0.15) is 0 Å². The molecule has 0 unspecified atom stereocenters. The number of ketones is 1. The molecule has 156 valence electrons. The summed E-state index contributed by atoms with van der Waals surface area (Å²) < 4.78 is 12.0. The lowest BCUT2D eigenvalue weighted by Crippen LogP contribution is -2.33. The number of rotatable bonds is 4. The maximum Gasteiger partial charge on any atom is 0.231 e. The molecule has 2 aliphatic heterocycles. The molecule has 6 heteroatoms. The van der Waals surface area contributed by atoms with Gasteiger partial charge in [0.15, 0.2) is 5.76 Å². The lowest BCUT2D eigenvalue weighted by molar-refractivity contribution is 0.0950. The van der Waals surface area contributed by atoms with Crippen molar-refractivity contribution in [3.63, 3.8) is 0 Å². The number of halogens is 2. The molecule has 0 bridgehead atoms. The largest absolute Gasteiger partial charge is 0.478 e. The smallest absolute Gasteiger partial charge is 0.231 e. The molecule has 2 heterocycles.